The minimum Gasteiger partial charge on any atom is -0.387 e. The van der Waals surface area contributed by atoms with Gasteiger partial charge >= 0.3 is 0 Å². The van der Waals surface area contributed by atoms with Gasteiger partial charge in [0.05, 0.1) is 13.2 Å². The van der Waals surface area contributed by atoms with Crippen molar-refractivity contribution in [3.8, 4) is 0 Å². The summed E-state index contributed by atoms with van der Waals surface area (Å²) in [4.78, 5) is 0. The van der Waals surface area contributed by atoms with Crippen molar-refractivity contribution in [2.75, 3.05) is 12.4 Å². The summed E-state index contributed by atoms with van der Waals surface area (Å²) in [6, 6.07) is 19.7. The molecule has 2 aliphatic rings. The smallest absolute Gasteiger partial charge is 0.184 e. The lowest BCUT2D eigenvalue weighted by Gasteiger charge is -2.47. The van der Waals surface area contributed by atoms with E-state index >= 15 is 0 Å². The highest BCUT2D eigenvalue weighted by Gasteiger charge is 2.49. The Morgan fingerprint density at radius 2 is 1.75 bits per heavy atom. The van der Waals surface area contributed by atoms with Crippen LogP contribution in [-0.2, 0) is 25.6 Å². The van der Waals surface area contributed by atoms with Crippen molar-refractivity contribution in [1.29, 1.82) is 0 Å². The average Bonchev–Trinajstić information content (AvgIpc) is 2.75. The number of thioether (sulfide) groups is 1. The fraction of sp³-hybridized carbons (Fsp3) is 0.455. The average molecular weight is 403 g/mol. The Hall–Kier alpha value is -1.41. The Balaban J connectivity index is 1.47. The minimum absolute atomic E-state index is 0.259. The molecule has 2 heterocycles. The second kappa shape index (κ2) is 9.39. The molecule has 0 spiro atoms. The fourth-order valence-corrected chi connectivity index (χ4v) is 4.57. The molecule has 6 heteroatoms. The predicted octanol–water partition coefficient (Wildman–Crippen LogP) is 3.52. The first kappa shape index (κ1) is 19.9. The van der Waals surface area contributed by atoms with Crippen molar-refractivity contribution in [2.45, 2.75) is 49.7 Å². The molecular formula is C22H26O5S. The highest BCUT2D eigenvalue weighted by Crippen LogP contribution is 2.38. The Morgan fingerprint density at radius 3 is 2.46 bits per heavy atom. The summed E-state index contributed by atoms with van der Waals surface area (Å²) in [5.41, 5.74) is 1.73. The molecular weight excluding hydrogens is 376 g/mol. The maximum Gasteiger partial charge on any atom is 0.184 e. The van der Waals surface area contributed by atoms with E-state index in [0.717, 1.165) is 16.9 Å². The lowest BCUT2D eigenvalue weighted by molar-refractivity contribution is -0.322. The van der Waals surface area contributed by atoms with E-state index in [2.05, 4.69) is 6.92 Å². The quantitative estimate of drug-likeness (QED) is 0.798. The van der Waals surface area contributed by atoms with E-state index < -0.39 is 24.6 Å². The summed E-state index contributed by atoms with van der Waals surface area (Å²) in [7, 11) is 0. The van der Waals surface area contributed by atoms with E-state index in [1.165, 1.54) is 0 Å². The Kier molecular flexibility index (Phi) is 6.67. The standard InChI is InChI=1S/C22H26O5S/c1-2-28-22-20(24-13-15-9-5-3-6-10-15)18(23)19-17(26-22)14-25-21(27-19)16-11-7-4-8-12-16/h3-12,17-23H,2,13-14H2,1H3/t17-,18+,19+,20-,21?,22+/m1/s1. The second-order valence-corrected chi connectivity index (χ2v) is 8.30. The van der Waals surface area contributed by atoms with Crippen LogP contribution in [0, 0.1) is 0 Å². The number of ether oxygens (including phenoxy) is 4. The summed E-state index contributed by atoms with van der Waals surface area (Å²) < 4.78 is 24.3. The van der Waals surface area contributed by atoms with Crippen LogP contribution in [0.4, 0.5) is 0 Å². The number of fused-ring (bicyclic) bond motifs is 1. The van der Waals surface area contributed by atoms with Crippen molar-refractivity contribution in [3.05, 3.63) is 71.8 Å². The van der Waals surface area contributed by atoms with Gasteiger partial charge in [-0.05, 0) is 11.3 Å². The zero-order chi connectivity index (χ0) is 19.3. The molecule has 0 bridgehead atoms. The zero-order valence-electron chi connectivity index (χ0n) is 15.8. The van der Waals surface area contributed by atoms with Crippen molar-refractivity contribution < 1.29 is 24.1 Å². The van der Waals surface area contributed by atoms with Gasteiger partial charge in [-0.2, -0.15) is 0 Å². The number of benzene rings is 2. The predicted molar refractivity (Wildman–Crippen MR) is 108 cm³/mol. The summed E-state index contributed by atoms with van der Waals surface area (Å²) in [5, 5.41) is 11.1. The van der Waals surface area contributed by atoms with Crippen LogP contribution in [0.25, 0.3) is 0 Å². The maximum atomic E-state index is 11.1. The van der Waals surface area contributed by atoms with Gasteiger partial charge in [0.15, 0.2) is 6.29 Å². The van der Waals surface area contributed by atoms with Gasteiger partial charge in [0.1, 0.15) is 29.9 Å². The third kappa shape index (κ3) is 4.43. The molecule has 2 aliphatic heterocycles. The summed E-state index contributed by atoms with van der Waals surface area (Å²) in [6.07, 6.45) is -2.57. The molecule has 2 aromatic rings. The highest BCUT2D eigenvalue weighted by molar-refractivity contribution is 7.99. The Bertz CT molecular complexity index is 728. The van der Waals surface area contributed by atoms with Crippen molar-refractivity contribution >= 4 is 11.8 Å². The molecule has 5 nitrogen and oxygen atoms in total. The summed E-state index contributed by atoms with van der Waals surface area (Å²) in [5.74, 6) is 0.869. The van der Waals surface area contributed by atoms with E-state index in [0.29, 0.717) is 13.2 Å². The van der Waals surface area contributed by atoms with Crippen LogP contribution in [0.15, 0.2) is 60.7 Å². The van der Waals surface area contributed by atoms with E-state index in [4.69, 9.17) is 18.9 Å². The molecule has 0 radical (unpaired) electrons. The number of rotatable bonds is 6. The van der Waals surface area contributed by atoms with Gasteiger partial charge in [-0.25, -0.2) is 0 Å². The number of hydrogen-bond acceptors (Lipinski definition) is 6. The number of aliphatic hydroxyl groups excluding tert-OH is 1. The lowest BCUT2D eigenvalue weighted by atomic mass is 9.98. The largest absolute Gasteiger partial charge is 0.387 e. The molecule has 1 unspecified atom stereocenters. The number of hydrogen-bond donors (Lipinski definition) is 1. The molecule has 0 amide bonds. The van der Waals surface area contributed by atoms with E-state index in [9.17, 15) is 5.11 Å². The van der Waals surface area contributed by atoms with Crippen molar-refractivity contribution in [3.63, 3.8) is 0 Å². The van der Waals surface area contributed by atoms with Gasteiger partial charge in [0.25, 0.3) is 0 Å². The monoisotopic (exact) mass is 402 g/mol. The number of aliphatic hydroxyl groups is 1. The van der Waals surface area contributed by atoms with Crippen LogP contribution in [-0.4, -0.2) is 47.3 Å². The Morgan fingerprint density at radius 1 is 1.04 bits per heavy atom. The van der Waals surface area contributed by atoms with E-state index in [1.54, 1.807) is 11.8 Å². The van der Waals surface area contributed by atoms with Crippen molar-refractivity contribution in [2.24, 2.45) is 0 Å². The second-order valence-electron chi connectivity index (χ2n) is 6.93. The summed E-state index contributed by atoms with van der Waals surface area (Å²) >= 11 is 1.63. The molecule has 6 atom stereocenters. The molecule has 2 saturated heterocycles. The van der Waals surface area contributed by atoms with Gasteiger partial charge < -0.3 is 24.1 Å². The highest BCUT2D eigenvalue weighted by atomic mass is 32.2. The van der Waals surface area contributed by atoms with Gasteiger partial charge in [-0.1, -0.05) is 67.6 Å². The first-order chi connectivity index (χ1) is 13.8. The van der Waals surface area contributed by atoms with Crippen LogP contribution in [0.5, 0.6) is 0 Å². The first-order valence-corrected chi connectivity index (χ1v) is 10.7. The molecule has 2 fully saturated rings. The maximum absolute atomic E-state index is 11.1. The first-order valence-electron chi connectivity index (χ1n) is 9.69. The topological polar surface area (TPSA) is 57.2 Å². The van der Waals surface area contributed by atoms with Gasteiger partial charge in [-0.3, -0.25) is 0 Å². The molecule has 0 aromatic heterocycles. The molecule has 0 saturated carbocycles. The normalized spacial score (nSPS) is 32.6. The van der Waals surface area contributed by atoms with Gasteiger partial charge in [0, 0.05) is 5.56 Å². The third-order valence-corrected chi connectivity index (χ3v) is 6.04. The van der Waals surface area contributed by atoms with Crippen LogP contribution < -0.4 is 0 Å². The molecule has 1 N–H and O–H groups in total. The third-order valence-electron chi connectivity index (χ3n) is 5.00. The fourth-order valence-electron chi connectivity index (χ4n) is 3.59. The molecule has 150 valence electrons. The van der Waals surface area contributed by atoms with E-state index in [-0.39, 0.29) is 11.5 Å². The van der Waals surface area contributed by atoms with Crippen LogP contribution >= 0.6 is 11.8 Å². The molecule has 28 heavy (non-hydrogen) atoms. The molecule has 4 rings (SSSR count). The van der Waals surface area contributed by atoms with Crippen LogP contribution in [0.1, 0.15) is 24.3 Å². The molecule has 2 aromatic carbocycles. The Labute approximate surface area is 169 Å². The molecule has 0 aliphatic carbocycles. The van der Waals surface area contributed by atoms with Gasteiger partial charge in [0.2, 0.25) is 0 Å². The van der Waals surface area contributed by atoms with E-state index in [1.807, 2.05) is 60.7 Å². The lowest BCUT2D eigenvalue weighted by Crippen LogP contribution is -2.61. The SMILES string of the molecule is CCS[C@@H]1O[C@@H]2COC(c3ccccc3)O[C@@H]2[C@H](O)[C@H]1OCc1ccccc1. The zero-order valence-corrected chi connectivity index (χ0v) is 16.7. The van der Waals surface area contributed by atoms with Crippen molar-refractivity contribution in [1.82, 2.24) is 0 Å². The minimum atomic E-state index is -0.790. The van der Waals surface area contributed by atoms with Gasteiger partial charge in [-0.15, -0.1) is 11.8 Å². The summed E-state index contributed by atoms with van der Waals surface area (Å²) in [6.45, 7) is 2.87. The van der Waals surface area contributed by atoms with Crippen LogP contribution in [0.3, 0.4) is 0 Å². The van der Waals surface area contributed by atoms with Crippen LogP contribution in [0.2, 0.25) is 0 Å².